The van der Waals surface area contributed by atoms with Gasteiger partial charge in [-0.2, -0.15) is 0 Å². The van der Waals surface area contributed by atoms with E-state index in [0.717, 1.165) is 12.1 Å². The van der Waals surface area contributed by atoms with Gasteiger partial charge in [0.15, 0.2) is 0 Å². The molecule has 0 heterocycles. The molecule has 0 amide bonds. The second-order valence-electron chi connectivity index (χ2n) is 2.67. The Morgan fingerprint density at radius 3 is 2.07 bits per heavy atom. The molecule has 0 radical (unpaired) electrons. The Hall–Kier alpha value is -1.46. The number of hydrogen-bond donors (Lipinski definition) is 0. The van der Waals surface area contributed by atoms with Crippen LogP contribution >= 0.6 is 0 Å². The Kier molecular flexibility index (Phi) is 2.83. The van der Waals surface area contributed by atoms with E-state index in [1.807, 2.05) is 0 Å². The van der Waals surface area contributed by atoms with Crippen LogP contribution in [0, 0.1) is 0 Å². The van der Waals surface area contributed by atoms with Crippen molar-refractivity contribution in [1.82, 2.24) is 0 Å². The fraction of sp³-hybridized carbons (Fsp3) is 0.125. The number of halogens is 3. The Morgan fingerprint density at radius 1 is 1.21 bits per heavy atom. The number of rotatable bonds is 3. The highest BCUT2D eigenvalue weighted by Gasteiger charge is 2.33. The molecule has 0 aromatic heterocycles. The average Bonchev–Trinajstić information content (AvgIpc) is 2.15. The molecule has 0 fully saturated rings. The fourth-order valence-electron chi connectivity index (χ4n) is 0.944. The molecule has 0 unspecified atom stereocenters. The van der Waals surface area contributed by atoms with Gasteiger partial charge in [-0.1, -0.05) is 12.1 Å². The minimum atomic E-state index is -5.45. The van der Waals surface area contributed by atoms with Crippen molar-refractivity contribution < 1.29 is 22.5 Å². The third-order valence-electron chi connectivity index (χ3n) is 1.67. The smallest absolute Gasteiger partial charge is 0.497 e. The molecule has 0 aliphatic heterocycles. The first kappa shape index (κ1) is 10.6. The van der Waals surface area contributed by atoms with Gasteiger partial charge in [0.25, 0.3) is 0 Å². The Labute approximate surface area is 78.7 Å². The van der Waals surface area contributed by atoms with Crippen molar-refractivity contribution in [2.75, 3.05) is 7.11 Å². The van der Waals surface area contributed by atoms with Crippen LogP contribution in [0.5, 0.6) is 5.75 Å². The maximum Gasteiger partial charge on any atom is 0.549 e. The van der Waals surface area contributed by atoms with Gasteiger partial charge < -0.3 is 22.5 Å². The molecule has 0 aliphatic carbocycles. The predicted octanol–water partition coefficient (Wildman–Crippen LogP) is 2.26. The number of methoxy groups -OCH3 is 1. The lowest BCUT2D eigenvalue weighted by molar-refractivity contribution is 0.102. The molecule has 14 heavy (non-hydrogen) atoms. The molecule has 0 spiro atoms. The quantitative estimate of drug-likeness (QED) is 0.704. The number of carbonyl (C=O) groups excluding carboxylic acids is 1. The van der Waals surface area contributed by atoms with E-state index in [0.29, 0.717) is 5.75 Å². The van der Waals surface area contributed by atoms with Crippen molar-refractivity contribution in [3.63, 3.8) is 0 Å². The van der Waals surface area contributed by atoms with Crippen LogP contribution in [0.15, 0.2) is 24.3 Å². The topological polar surface area (TPSA) is 26.3 Å². The zero-order valence-corrected chi connectivity index (χ0v) is 7.34. The number of carbonyl (C=O) groups is 1. The molecule has 0 saturated carbocycles. The van der Waals surface area contributed by atoms with Gasteiger partial charge in [0.1, 0.15) is 11.4 Å². The molecule has 2 nitrogen and oxygen atoms in total. The van der Waals surface area contributed by atoms with E-state index in [1.165, 1.54) is 19.2 Å². The van der Waals surface area contributed by atoms with Crippen molar-refractivity contribution in [2.24, 2.45) is 0 Å². The lowest BCUT2D eigenvalue weighted by Gasteiger charge is -2.12. The summed E-state index contributed by atoms with van der Waals surface area (Å²) in [6.07, 6.45) is 0. The fourth-order valence-corrected chi connectivity index (χ4v) is 0.944. The Morgan fingerprint density at radius 2 is 1.71 bits per heavy atom. The molecule has 0 saturated heterocycles. The molecule has 0 N–H and O–H groups in total. The molecule has 6 heteroatoms. The molecular formula is C8H7BF3O2-. The van der Waals surface area contributed by atoms with Crippen LogP contribution in [0.3, 0.4) is 0 Å². The highest BCUT2D eigenvalue weighted by atomic mass is 19.4. The van der Waals surface area contributed by atoms with Crippen LogP contribution in [-0.2, 0) is 0 Å². The summed E-state index contributed by atoms with van der Waals surface area (Å²) in [5.41, 5.74) is -2.15. The molecule has 1 rings (SSSR count). The second kappa shape index (κ2) is 3.73. The summed E-state index contributed by atoms with van der Waals surface area (Å²) in [6.45, 7) is -5.45. The SMILES string of the molecule is COc1ccc(C(=O)[B-](F)(F)F)cc1. The first-order valence-electron chi connectivity index (χ1n) is 3.83. The van der Waals surface area contributed by atoms with Crippen LogP contribution in [0.2, 0.25) is 0 Å². The summed E-state index contributed by atoms with van der Waals surface area (Å²) < 4.78 is 40.7. The Balaban J connectivity index is 2.93. The second-order valence-corrected chi connectivity index (χ2v) is 2.67. The van der Waals surface area contributed by atoms with Crippen molar-refractivity contribution in [1.29, 1.82) is 0 Å². The molecule has 0 atom stereocenters. The van der Waals surface area contributed by atoms with Crippen LogP contribution in [0.1, 0.15) is 10.4 Å². The van der Waals surface area contributed by atoms with Crippen molar-refractivity contribution in [3.05, 3.63) is 29.8 Å². The lowest BCUT2D eigenvalue weighted by Crippen LogP contribution is -2.29. The maximum atomic E-state index is 12.0. The van der Waals surface area contributed by atoms with Gasteiger partial charge in [-0.15, -0.1) is 0 Å². The normalized spacial score (nSPS) is 11.1. The summed E-state index contributed by atoms with van der Waals surface area (Å²) in [5.74, 6) is 0.413. The van der Waals surface area contributed by atoms with E-state index in [4.69, 9.17) is 4.74 Å². The molecule has 1 aromatic carbocycles. The average molecular weight is 203 g/mol. The molecule has 0 bridgehead atoms. The molecular weight excluding hydrogens is 196 g/mol. The van der Waals surface area contributed by atoms with Gasteiger partial charge in [0.05, 0.1) is 7.11 Å². The minimum absolute atomic E-state index is 0.363. The first-order valence-corrected chi connectivity index (χ1v) is 3.83. The van der Waals surface area contributed by atoms with Crippen molar-refractivity contribution in [2.45, 2.75) is 0 Å². The highest BCUT2D eigenvalue weighted by molar-refractivity contribution is 6.93. The van der Waals surface area contributed by atoms with Gasteiger partial charge in [-0.25, -0.2) is 0 Å². The number of benzene rings is 1. The van der Waals surface area contributed by atoms with E-state index in [-0.39, 0.29) is 5.56 Å². The highest BCUT2D eigenvalue weighted by Crippen LogP contribution is 2.18. The van der Waals surface area contributed by atoms with Gasteiger partial charge >= 0.3 is 6.98 Å². The maximum absolute atomic E-state index is 12.0. The number of hydrogen-bond acceptors (Lipinski definition) is 2. The monoisotopic (exact) mass is 203 g/mol. The standard InChI is InChI=1S/C8H7BF3O2/c1-14-7-4-2-6(3-5-7)8(13)9(10,11)12/h2-5H,1H3/q-1. The summed E-state index contributed by atoms with van der Waals surface area (Å²) in [4.78, 5) is 10.7. The van der Waals surface area contributed by atoms with Gasteiger partial charge in [0.2, 0.25) is 0 Å². The summed E-state index contributed by atoms with van der Waals surface area (Å²) in [6, 6.07) is 4.82. The predicted molar refractivity (Wildman–Crippen MR) is 46.4 cm³/mol. The Bertz CT molecular complexity index is 331. The van der Waals surface area contributed by atoms with Crippen molar-refractivity contribution in [3.8, 4) is 5.75 Å². The van der Waals surface area contributed by atoms with Crippen molar-refractivity contribution >= 4 is 12.7 Å². The van der Waals surface area contributed by atoms with E-state index in [2.05, 4.69) is 0 Å². The van der Waals surface area contributed by atoms with E-state index >= 15 is 0 Å². The minimum Gasteiger partial charge on any atom is -0.497 e. The van der Waals surface area contributed by atoms with E-state index < -0.39 is 12.7 Å². The van der Waals surface area contributed by atoms with E-state index in [9.17, 15) is 17.7 Å². The first-order chi connectivity index (χ1) is 6.45. The largest absolute Gasteiger partial charge is 0.549 e. The third-order valence-corrected chi connectivity index (χ3v) is 1.67. The zero-order valence-electron chi connectivity index (χ0n) is 7.34. The summed E-state index contributed by atoms with van der Waals surface area (Å²) in [5, 5.41) is 0. The summed E-state index contributed by atoms with van der Waals surface area (Å²) in [7, 11) is 1.39. The third kappa shape index (κ3) is 2.28. The zero-order chi connectivity index (χ0) is 10.8. The lowest BCUT2D eigenvalue weighted by atomic mass is 9.80. The van der Waals surface area contributed by atoms with Crippen LogP contribution in [0.4, 0.5) is 12.9 Å². The van der Waals surface area contributed by atoms with Crippen LogP contribution in [-0.4, -0.2) is 19.8 Å². The van der Waals surface area contributed by atoms with E-state index in [1.54, 1.807) is 0 Å². The molecule has 76 valence electrons. The van der Waals surface area contributed by atoms with Crippen LogP contribution < -0.4 is 4.74 Å². The van der Waals surface area contributed by atoms with Gasteiger partial charge in [-0.3, -0.25) is 0 Å². The van der Waals surface area contributed by atoms with Crippen LogP contribution in [0.25, 0.3) is 0 Å². The van der Waals surface area contributed by atoms with Gasteiger partial charge in [0, 0.05) is 0 Å². The number of ether oxygens (including phenoxy) is 1. The van der Waals surface area contributed by atoms with Gasteiger partial charge in [-0.05, 0) is 17.7 Å². The summed E-state index contributed by atoms with van der Waals surface area (Å²) >= 11 is 0. The molecule has 1 aromatic rings. The molecule has 0 aliphatic rings.